The lowest BCUT2D eigenvalue weighted by Gasteiger charge is -2.29. The van der Waals surface area contributed by atoms with Gasteiger partial charge in [-0.2, -0.15) is 18.3 Å². The summed E-state index contributed by atoms with van der Waals surface area (Å²) in [7, 11) is 2.04. The van der Waals surface area contributed by atoms with Crippen LogP contribution in [0.3, 0.4) is 0 Å². The Morgan fingerprint density at radius 2 is 1.96 bits per heavy atom. The van der Waals surface area contributed by atoms with Gasteiger partial charge in [0.2, 0.25) is 0 Å². The number of carbonyl (C=O) groups excluding carboxylic acids is 1. The van der Waals surface area contributed by atoms with Gasteiger partial charge in [-0.15, -0.1) is 0 Å². The Hall–Kier alpha value is -2.35. The molecule has 0 bridgehead atoms. The van der Waals surface area contributed by atoms with Crippen LogP contribution < -0.4 is 5.32 Å². The van der Waals surface area contributed by atoms with Crippen molar-refractivity contribution in [1.29, 1.82) is 0 Å². The number of benzene rings is 1. The molecule has 26 heavy (non-hydrogen) atoms. The van der Waals surface area contributed by atoms with Crippen molar-refractivity contribution in [1.82, 2.24) is 20.0 Å². The summed E-state index contributed by atoms with van der Waals surface area (Å²) in [6.45, 7) is 3.53. The van der Waals surface area contributed by atoms with E-state index in [1.807, 2.05) is 7.05 Å². The van der Waals surface area contributed by atoms with Crippen LogP contribution >= 0.6 is 0 Å². The molecule has 2 heterocycles. The third-order valence-corrected chi connectivity index (χ3v) is 4.73. The van der Waals surface area contributed by atoms with Crippen LogP contribution in [-0.4, -0.2) is 46.8 Å². The molecule has 1 N–H and O–H groups in total. The Labute approximate surface area is 149 Å². The number of nitrogens with zero attached hydrogens (tertiary/aromatic N) is 3. The highest BCUT2D eigenvalue weighted by Crippen LogP contribution is 2.30. The number of amides is 1. The van der Waals surface area contributed by atoms with Gasteiger partial charge < -0.3 is 10.2 Å². The second kappa shape index (κ2) is 7.11. The van der Waals surface area contributed by atoms with Crippen molar-refractivity contribution in [2.45, 2.75) is 32.0 Å². The van der Waals surface area contributed by atoms with Crippen LogP contribution in [0, 0.1) is 6.92 Å². The first kappa shape index (κ1) is 18.4. The van der Waals surface area contributed by atoms with Crippen LogP contribution in [0.1, 0.15) is 34.5 Å². The lowest BCUT2D eigenvalue weighted by Crippen LogP contribution is -2.43. The van der Waals surface area contributed by atoms with Crippen molar-refractivity contribution in [3.63, 3.8) is 0 Å². The van der Waals surface area contributed by atoms with Crippen molar-refractivity contribution in [2.24, 2.45) is 0 Å². The largest absolute Gasteiger partial charge is 0.416 e. The van der Waals surface area contributed by atoms with E-state index in [0.717, 1.165) is 38.1 Å². The molecular weight excluding hydrogens is 345 g/mol. The van der Waals surface area contributed by atoms with Gasteiger partial charge in [0.25, 0.3) is 5.91 Å². The molecule has 8 heteroatoms. The summed E-state index contributed by atoms with van der Waals surface area (Å²) in [6.07, 6.45) is -1.27. The van der Waals surface area contributed by atoms with Crippen LogP contribution in [0.15, 0.2) is 30.5 Å². The number of hydrogen-bond donors (Lipinski definition) is 1. The summed E-state index contributed by atoms with van der Waals surface area (Å²) in [4.78, 5) is 14.7. The quantitative estimate of drug-likeness (QED) is 0.909. The van der Waals surface area contributed by atoms with E-state index in [0.29, 0.717) is 11.3 Å². The standard InChI is InChI=1S/C18H21F3N4O/c1-12-16(17(26)23-14-6-8-24(2)9-7-14)11-22-25(12)15-5-3-4-13(10-15)18(19,20)21/h3-5,10-11,14H,6-9H2,1-2H3,(H,23,26). The van der Waals surface area contributed by atoms with E-state index >= 15 is 0 Å². The maximum absolute atomic E-state index is 12.9. The molecule has 0 saturated carbocycles. The SMILES string of the molecule is Cc1c(C(=O)NC2CCN(C)CC2)cnn1-c1cccc(C(F)(F)F)c1. The number of likely N-dealkylation sites (tertiary alicyclic amines) is 1. The fraction of sp³-hybridized carbons (Fsp3) is 0.444. The minimum Gasteiger partial charge on any atom is -0.349 e. The molecule has 5 nitrogen and oxygen atoms in total. The number of hydrogen-bond acceptors (Lipinski definition) is 3. The van der Waals surface area contributed by atoms with Gasteiger partial charge in [-0.25, -0.2) is 4.68 Å². The Kier molecular flexibility index (Phi) is 5.04. The second-order valence-electron chi connectivity index (χ2n) is 6.65. The van der Waals surface area contributed by atoms with Crippen molar-refractivity contribution in [3.8, 4) is 5.69 Å². The van der Waals surface area contributed by atoms with Gasteiger partial charge >= 0.3 is 6.18 Å². The first-order valence-electron chi connectivity index (χ1n) is 8.47. The van der Waals surface area contributed by atoms with E-state index < -0.39 is 11.7 Å². The molecule has 1 saturated heterocycles. The lowest BCUT2D eigenvalue weighted by molar-refractivity contribution is -0.137. The lowest BCUT2D eigenvalue weighted by atomic mass is 10.1. The molecule has 0 spiro atoms. The van der Waals surface area contributed by atoms with E-state index in [2.05, 4.69) is 15.3 Å². The molecule has 2 aromatic rings. The van der Waals surface area contributed by atoms with Crippen LogP contribution in [0.5, 0.6) is 0 Å². The van der Waals surface area contributed by atoms with E-state index in [1.165, 1.54) is 23.0 Å². The highest BCUT2D eigenvalue weighted by atomic mass is 19.4. The second-order valence-corrected chi connectivity index (χ2v) is 6.65. The van der Waals surface area contributed by atoms with Gasteiger partial charge in [0, 0.05) is 6.04 Å². The molecule has 1 aliphatic heterocycles. The molecule has 140 valence electrons. The average Bonchev–Trinajstić information content (AvgIpc) is 2.98. The minimum atomic E-state index is -4.43. The summed E-state index contributed by atoms with van der Waals surface area (Å²) in [5.41, 5.74) is 0.411. The normalized spacial score (nSPS) is 16.7. The van der Waals surface area contributed by atoms with Gasteiger partial charge in [-0.05, 0) is 58.1 Å². The van der Waals surface area contributed by atoms with Crippen LogP contribution in [-0.2, 0) is 6.18 Å². The Balaban J connectivity index is 1.79. The molecule has 0 atom stereocenters. The number of nitrogens with one attached hydrogen (secondary N) is 1. The Bertz CT molecular complexity index is 792. The summed E-state index contributed by atoms with van der Waals surface area (Å²) in [6, 6.07) is 5.01. The predicted molar refractivity (Wildman–Crippen MR) is 91.3 cm³/mol. The van der Waals surface area contributed by atoms with Gasteiger partial charge in [-0.3, -0.25) is 4.79 Å². The van der Waals surface area contributed by atoms with E-state index in [9.17, 15) is 18.0 Å². The number of rotatable bonds is 3. The topological polar surface area (TPSA) is 50.2 Å². The molecule has 0 radical (unpaired) electrons. The van der Waals surface area contributed by atoms with Crippen LogP contribution in [0.2, 0.25) is 0 Å². The molecule has 1 aromatic carbocycles. The summed E-state index contributed by atoms with van der Waals surface area (Å²) in [5.74, 6) is -0.240. The van der Waals surface area contributed by atoms with Gasteiger partial charge in [-0.1, -0.05) is 6.07 Å². The summed E-state index contributed by atoms with van der Waals surface area (Å²) in [5, 5.41) is 7.11. The fourth-order valence-corrected chi connectivity index (χ4v) is 3.12. The van der Waals surface area contributed by atoms with E-state index in [1.54, 1.807) is 6.92 Å². The van der Waals surface area contributed by atoms with Crippen molar-refractivity contribution in [3.05, 3.63) is 47.3 Å². The Morgan fingerprint density at radius 1 is 1.27 bits per heavy atom. The van der Waals surface area contributed by atoms with Gasteiger partial charge in [0.05, 0.1) is 28.7 Å². The number of halogens is 3. The molecule has 0 aliphatic carbocycles. The average molecular weight is 366 g/mol. The zero-order valence-electron chi connectivity index (χ0n) is 14.7. The van der Waals surface area contributed by atoms with Gasteiger partial charge in [0.1, 0.15) is 0 Å². The number of carbonyl (C=O) groups is 1. The van der Waals surface area contributed by atoms with Crippen LogP contribution in [0.4, 0.5) is 13.2 Å². The first-order chi connectivity index (χ1) is 12.3. The molecule has 3 rings (SSSR count). The van der Waals surface area contributed by atoms with Crippen LogP contribution in [0.25, 0.3) is 5.69 Å². The Morgan fingerprint density at radius 3 is 2.62 bits per heavy atom. The third-order valence-electron chi connectivity index (χ3n) is 4.73. The monoisotopic (exact) mass is 366 g/mol. The minimum absolute atomic E-state index is 0.106. The molecular formula is C18H21F3N4O. The van der Waals surface area contributed by atoms with Crippen molar-refractivity contribution < 1.29 is 18.0 Å². The zero-order chi connectivity index (χ0) is 18.9. The highest BCUT2D eigenvalue weighted by Gasteiger charge is 2.31. The number of aromatic nitrogens is 2. The van der Waals surface area contributed by atoms with Crippen molar-refractivity contribution in [2.75, 3.05) is 20.1 Å². The number of piperidine rings is 1. The maximum Gasteiger partial charge on any atom is 0.416 e. The number of alkyl halides is 3. The van der Waals surface area contributed by atoms with E-state index in [4.69, 9.17) is 0 Å². The first-order valence-corrected chi connectivity index (χ1v) is 8.47. The van der Waals surface area contributed by atoms with E-state index in [-0.39, 0.29) is 17.6 Å². The summed E-state index contributed by atoms with van der Waals surface area (Å²) >= 11 is 0. The molecule has 1 fully saturated rings. The summed E-state index contributed by atoms with van der Waals surface area (Å²) < 4.78 is 40.1. The zero-order valence-corrected chi connectivity index (χ0v) is 14.7. The predicted octanol–water partition coefficient (Wildman–Crippen LogP) is 3.02. The fourth-order valence-electron chi connectivity index (χ4n) is 3.12. The molecule has 0 unspecified atom stereocenters. The molecule has 1 amide bonds. The third kappa shape index (κ3) is 3.90. The highest BCUT2D eigenvalue weighted by molar-refractivity contribution is 5.95. The molecule has 1 aliphatic rings. The van der Waals surface area contributed by atoms with Gasteiger partial charge in [0.15, 0.2) is 0 Å². The molecule has 1 aromatic heterocycles. The maximum atomic E-state index is 12.9. The van der Waals surface area contributed by atoms with Crippen molar-refractivity contribution >= 4 is 5.91 Å². The smallest absolute Gasteiger partial charge is 0.349 e.